The van der Waals surface area contributed by atoms with Crippen molar-refractivity contribution in [2.24, 2.45) is 0 Å². The second-order valence-corrected chi connectivity index (χ2v) is 6.85. The van der Waals surface area contributed by atoms with Crippen LogP contribution in [0.15, 0.2) is 48.8 Å². The van der Waals surface area contributed by atoms with Crippen LogP contribution in [0.5, 0.6) is 0 Å². The number of hydrogen-bond acceptors (Lipinski definition) is 4. The summed E-state index contributed by atoms with van der Waals surface area (Å²) in [6.07, 6.45) is 2.62. The summed E-state index contributed by atoms with van der Waals surface area (Å²) in [5.74, 6) is 6.10. The predicted octanol–water partition coefficient (Wildman–Crippen LogP) is 3.43. The lowest BCUT2D eigenvalue weighted by molar-refractivity contribution is 0.0518. The zero-order chi connectivity index (χ0) is 19.0. The first-order chi connectivity index (χ1) is 12.3. The Labute approximate surface area is 154 Å². The largest absolute Gasteiger partial charge is 0.444 e. The van der Waals surface area contributed by atoms with Gasteiger partial charge in [0.05, 0.1) is 6.10 Å². The molecule has 1 aromatic heterocycles. The monoisotopic (exact) mass is 352 g/mol. The summed E-state index contributed by atoms with van der Waals surface area (Å²) >= 11 is 0. The molecule has 1 unspecified atom stereocenters. The molecule has 1 atom stereocenters. The minimum absolute atomic E-state index is 0.321. The lowest BCUT2D eigenvalue weighted by atomic mass is 10.0. The Hall–Kier alpha value is -2.84. The SMILES string of the molecule is CC(C)(C)OC(=O)NCCC(O)c1cccc(C#Cc2cccnc2)c1. The summed E-state index contributed by atoms with van der Waals surface area (Å²) in [4.78, 5) is 15.6. The summed E-state index contributed by atoms with van der Waals surface area (Å²) in [6.45, 7) is 5.74. The molecule has 1 aromatic carbocycles. The van der Waals surface area contributed by atoms with Gasteiger partial charge in [-0.25, -0.2) is 4.79 Å². The molecule has 0 spiro atoms. The summed E-state index contributed by atoms with van der Waals surface area (Å²) in [6, 6.07) is 11.2. The molecule has 0 saturated carbocycles. The third kappa shape index (κ3) is 6.96. The van der Waals surface area contributed by atoms with Crippen molar-refractivity contribution in [1.82, 2.24) is 10.3 Å². The van der Waals surface area contributed by atoms with E-state index in [1.807, 2.05) is 36.4 Å². The van der Waals surface area contributed by atoms with Gasteiger partial charge in [-0.1, -0.05) is 24.0 Å². The number of ether oxygens (including phenoxy) is 1. The van der Waals surface area contributed by atoms with E-state index in [0.29, 0.717) is 13.0 Å². The van der Waals surface area contributed by atoms with Crippen molar-refractivity contribution in [2.45, 2.75) is 38.9 Å². The molecule has 0 aliphatic rings. The smallest absolute Gasteiger partial charge is 0.407 e. The highest BCUT2D eigenvalue weighted by molar-refractivity contribution is 5.67. The summed E-state index contributed by atoms with van der Waals surface area (Å²) in [5.41, 5.74) is 1.86. The number of benzene rings is 1. The maximum Gasteiger partial charge on any atom is 0.407 e. The average molecular weight is 352 g/mol. The molecule has 0 aliphatic carbocycles. The number of nitrogens with zero attached hydrogens (tertiary/aromatic N) is 1. The van der Waals surface area contributed by atoms with E-state index in [1.54, 1.807) is 33.2 Å². The molecule has 0 radical (unpaired) electrons. The van der Waals surface area contributed by atoms with Gasteiger partial charge in [-0.05, 0) is 57.0 Å². The Kier molecular flexibility index (Phi) is 6.76. The first-order valence-corrected chi connectivity index (χ1v) is 8.50. The normalized spacial score (nSPS) is 11.8. The zero-order valence-electron chi connectivity index (χ0n) is 15.3. The van der Waals surface area contributed by atoms with Crippen LogP contribution in [0.25, 0.3) is 0 Å². The quantitative estimate of drug-likeness (QED) is 0.827. The van der Waals surface area contributed by atoms with Crippen LogP contribution in [0, 0.1) is 11.8 Å². The molecule has 2 aromatic rings. The molecule has 2 N–H and O–H groups in total. The van der Waals surface area contributed by atoms with Crippen LogP contribution < -0.4 is 5.32 Å². The number of aliphatic hydroxyl groups is 1. The van der Waals surface area contributed by atoms with Crippen molar-refractivity contribution in [3.8, 4) is 11.8 Å². The van der Waals surface area contributed by atoms with E-state index in [9.17, 15) is 9.90 Å². The van der Waals surface area contributed by atoms with Crippen molar-refractivity contribution >= 4 is 6.09 Å². The highest BCUT2D eigenvalue weighted by atomic mass is 16.6. The van der Waals surface area contributed by atoms with Gasteiger partial charge < -0.3 is 15.2 Å². The number of aromatic nitrogens is 1. The highest BCUT2D eigenvalue weighted by Gasteiger charge is 2.16. The maximum absolute atomic E-state index is 11.6. The Bertz CT molecular complexity index is 786. The number of nitrogens with one attached hydrogen (secondary N) is 1. The summed E-state index contributed by atoms with van der Waals surface area (Å²) < 4.78 is 5.16. The van der Waals surface area contributed by atoms with Crippen LogP contribution in [0.4, 0.5) is 4.79 Å². The third-order valence-corrected chi connectivity index (χ3v) is 3.37. The predicted molar refractivity (Wildman–Crippen MR) is 100 cm³/mol. The standard InChI is InChI=1S/C21H24N2O3/c1-21(2,3)26-20(25)23-13-11-19(24)18-8-4-6-16(14-18)9-10-17-7-5-12-22-15-17/h4-8,12,14-15,19,24H,11,13H2,1-3H3,(H,23,25). The topological polar surface area (TPSA) is 71.5 Å². The van der Waals surface area contributed by atoms with Crippen LogP contribution in [-0.4, -0.2) is 28.3 Å². The number of rotatable bonds is 4. The number of carbonyl (C=O) groups is 1. The van der Waals surface area contributed by atoms with Crippen LogP contribution in [0.1, 0.15) is 50.0 Å². The molecule has 0 bridgehead atoms. The highest BCUT2D eigenvalue weighted by Crippen LogP contribution is 2.17. The van der Waals surface area contributed by atoms with Gasteiger partial charge in [0.25, 0.3) is 0 Å². The first-order valence-electron chi connectivity index (χ1n) is 8.50. The number of pyridine rings is 1. The average Bonchev–Trinajstić information content (AvgIpc) is 2.59. The van der Waals surface area contributed by atoms with Gasteiger partial charge in [-0.15, -0.1) is 0 Å². The van der Waals surface area contributed by atoms with Crippen molar-refractivity contribution in [1.29, 1.82) is 0 Å². The van der Waals surface area contributed by atoms with Crippen LogP contribution >= 0.6 is 0 Å². The molecule has 1 amide bonds. The van der Waals surface area contributed by atoms with E-state index in [0.717, 1.165) is 16.7 Å². The molecule has 136 valence electrons. The lowest BCUT2D eigenvalue weighted by Crippen LogP contribution is -2.33. The summed E-state index contributed by atoms with van der Waals surface area (Å²) in [5, 5.41) is 13.0. The Morgan fingerprint density at radius 3 is 2.65 bits per heavy atom. The van der Waals surface area contributed by atoms with Gasteiger partial charge in [0.2, 0.25) is 0 Å². The molecule has 26 heavy (non-hydrogen) atoms. The molecular formula is C21H24N2O3. The fourth-order valence-electron chi connectivity index (χ4n) is 2.20. The number of carbonyl (C=O) groups excluding carboxylic acids is 1. The number of hydrogen-bond donors (Lipinski definition) is 2. The van der Waals surface area contributed by atoms with Gasteiger partial charge in [0.1, 0.15) is 5.60 Å². The number of amides is 1. The fraction of sp³-hybridized carbons (Fsp3) is 0.333. The van der Waals surface area contributed by atoms with Crippen molar-refractivity contribution < 1.29 is 14.6 Å². The van der Waals surface area contributed by atoms with E-state index < -0.39 is 17.8 Å². The van der Waals surface area contributed by atoms with Gasteiger partial charge >= 0.3 is 6.09 Å². The van der Waals surface area contributed by atoms with Crippen molar-refractivity contribution in [2.75, 3.05) is 6.54 Å². The van der Waals surface area contributed by atoms with Crippen molar-refractivity contribution in [3.63, 3.8) is 0 Å². The zero-order valence-corrected chi connectivity index (χ0v) is 15.3. The maximum atomic E-state index is 11.6. The molecule has 1 heterocycles. The minimum atomic E-state index is -0.690. The second-order valence-electron chi connectivity index (χ2n) is 6.85. The molecule has 2 rings (SSSR count). The second kappa shape index (κ2) is 9.02. The van der Waals surface area contributed by atoms with E-state index in [-0.39, 0.29) is 0 Å². The van der Waals surface area contributed by atoms with E-state index in [1.165, 1.54) is 0 Å². The summed E-state index contributed by atoms with van der Waals surface area (Å²) in [7, 11) is 0. The van der Waals surface area contributed by atoms with E-state index in [2.05, 4.69) is 22.1 Å². The molecule has 5 heteroatoms. The fourth-order valence-corrected chi connectivity index (χ4v) is 2.20. The Balaban J connectivity index is 1.91. The molecule has 5 nitrogen and oxygen atoms in total. The first kappa shape index (κ1) is 19.5. The van der Waals surface area contributed by atoms with Crippen LogP contribution in [0.2, 0.25) is 0 Å². The van der Waals surface area contributed by atoms with Crippen molar-refractivity contribution in [3.05, 3.63) is 65.5 Å². The third-order valence-electron chi connectivity index (χ3n) is 3.37. The Morgan fingerprint density at radius 1 is 1.23 bits per heavy atom. The van der Waals surface area contributed by atoms with Gasteiger partial charge in [-0.2, -0.15) is 0 Å². The van der Waals surface area contributed by atoms with Gasteiger partial charge in [0, 0.05) is 30.1 Å². The van der Waals surface area contributed by atoms with Crippen LogP contribution in [0.3, 0.4) is 0 Å². The number of aliphatic hydroxyl groups excluding tert-OH is 1. The lowest BCUT2D eigenvalue weighted by Gasteiger charge is -2.20. The number of alkyl carbamates (subject to hydrolysis) is 1. The van der Waals surface area contributed by atoms with Gasteiger partial charge in [-0.3, -0.25) is 4.98 Å². The molecule has 0 aliphatic heterocycles. The molecular weight excluding hydrogens is 328 g/mol. The molecule has 0 saturated heterocycles. The molecule has 0 fully saturated rings. The van der Waals surface area contributed by atoms with E-state index >= 15 is 0 Å². The van der Waals surface area contributed by atoms with Gasteiger partial charge in [0.15, 0.2) is 0 Å². The van der Waals surface area contributed by atoms with E-state index in [4.69, 9.17) is 4.74 Å². The minimum Gasteiger partial charge on any atom is -0.444 e. The Morgan fingerprint density at radius 2 is 1.96 bits per heavy atom. The van der Waals surface area contributed by atoms with Crippen LogP contribution in [-0.2, 0) is 4.74 Å².